The third-order valence-electron chi connectivity index (χ3n) is 2.30. The second kappa shape index (κ2) is 4.79. The van der Waals surface area contributed by atoms with E-state index in [1.807, 2.05) is 18.4 Å². The van der Waals surface area contributed by atoms with E-state index in [1.165, 1.54) is 12.1 Å². The summed E-state index contributed by atoms with van der Waals surface area (Å²) in [6.45, 7) is 8.89. The molecule has 0 saturated heterocycles. The summed E-state index contributed by atoms with van der Waals surface area (Å²) in [6.07, 6.45) is 1.46. The lowest BCUT2D eigenvalue weighted by Gasteiger charge is -2.19. The van der Waals surface area contributed by atoms with Crippen LogP contribution in [0.1, 0.15) is 25.7 Å². The van der Waals surface area contributed by atoms with Crippen LogP contribution >= 0.6 is 0 Å². The summed E-state index contributed by atoms with van der Waals surface area (Å²) in [5.41, 5.74) is 1.24. The van der Waals surface area contributed by atoms with Gasteiger partial charge in [0.1, 0.15) is 6.17 Å². The molecule has 0 aliphatic carbocycles. The smallest absolute Gasteiger partial charge is 0.247 e. The molecule has 1 rings (SSSR count). The molecule has 1 atom stereocenters. The molecular formula is C12H16N2O2. The molecule has 1 aromatic rings. The predicted molar refractivity (Wildman–Crippen MR) is 63.1 cm³/mol. The number of rotatable bonds is 3. The Kier molecular flexibility index (Phi) is 3.66. The second-order valence-electron chi connectivity index (χ2n) is 3.84. The largest absolute Gasteiger partial charge is 0.332 e. The molecule has 16 heavy (non-hydrogen) atoms. The molecule has 0 bridgehead atoms. The quantitative estimate of drug-likeness (QED) is 0.782. The number of aromatic nitrogens is 1. The average Bonchev–Trinajstić information content (AvgIpc) is 2.16. The van der Waals surface area contributed by atoms with E-state index in [-0.39, 0.29) is 17.5 Å². The molecule has 0 spiro atoms. The number of hydrogen-bond donors (Lipinski definition) is 1. The van der Waals surface area contributed by atoms with Crippen molar-refractivity contribution in [1.82, 2.24) is 9.88 Å². The maximum absolute atomic E-state index is 11.4. The van der Waals surface area contributed by atoms with Crippen LogP contribution in [0.3, 0.4) is 0 Å². The highest BCUT2D eigenvalue weighted by Gasteiger charge is 2.09. The zero-order valence-corrected chi connectivity index (χ0v) is 9.78. The number of hydrogen-bond acceptors (Lipinski definition) is 2. The molecule has 0 fully saturated rings. The van der Waals surface area contributed by atoms with Crippen molar-refractivity contribution in [2.75, 3.05) is 0 Å². The molecule has 0 aliphatic heterocycles. The fraction of sp³-hybridized carbons (Fsp3) is 0.333. The van der Waals surface area contributed by atoms with Gasteiger partial charge in [-0.25, -0.2) is 0 Å². The maximum Gasteiger partial charge on any atom is 0.247 e. The summed E-state index contributed by atoms with van der Waals surface area (Å²) in [5, 5.41) is 2.78. The van der Waals surface area contributed by atoms with E-state index in [0.717, 1.165) is 5.69 Å². The van der Waals surface area contributed by atoms with Gasteiger partial charge in [0.05, 0.1) is 0 Å². The first-order valence-electron chi connectivity index (χ1n) is 5.07. The Bertz CT molecular complexity index is 474. The minimum Gasteiger partial charge on any atom is -0.332 e. The first-order chi connectivity index (χ1) is 7.41. The van der Waals surface area contributed by atoms with Crippen molar-refractivity contribution < 1.29 is 4.79 Å². The van der Waals surface area contributed by atoms with Gasteiger partial charge in [-0.3, -0.25) is 9.59 Å². The highest BCUT2D eigenvalue weighted by molar-refractivity contribution is 5.92. The van der Waals surface area contributed by atoms with Gasteiger partial charge in [0.2, 0.25) is 5.91 Å². The molecular weight excluding hydrogens is 204 g/mol. The van der Waals surface area contributed by atoms with Crippen molar-refractivity contribution in [1.29, 1.82) is 0 Å². The molecule has 0 aliphatic rings. The number of pyridine rings is 1. The van der Waals surface area contributed by atoms with E-state index < -0.39 is 0 Å². The van der Waals surface area contributed by atoms with Crippen molar-refractivity contribution in [3.05, 3.63) is 46.4 Å². The van der Waals surface area contributed by atoms with E-state index in [1.54, 1.807) is 13.1 Å². The summed E-state index contributed by atoms with van der Waals surface area (Å²) in [5.74, 6) is -0.189. The summed E-state index contributed by atoms with van der Waals surface area (Å²) in [7, 11) is 0. The molecule has 1 N–H and O–H groups in total. The van der Waals surface area contributed by atoms with Gasteiger partial charge < -0.3 is 9.88 Å². The van der Waals surface area contributed by atoms with Crippen LogP contribution in [0.5, 0.6) is 0 Å². The van der Waals surface area contributed by atoms with Crippen LogP contribution in [-0.4, -0.2) is 10.5 Å². The van der Waals surface area contributed by atoms with Crippen molar-refractivity contribution in [2.24, 2.45) is 0 Å². The Balaban J connectivity index is 2.88. The van der Waals surface area contributed by atoms with Crippen LogP contribution < -0.4 is 10.7 Å². The Morgan fingerprint density at radius 2 is 2.19 bits per heavy atom. The van der Waals surface area contributed by atoms with Crippen molar-refractivity contribution in [3.63, 3.8) is 0 Å². The molecule has 0 radical (unpaired) electrons. The molecule has 4 heteroatoms. The fourth-order valence-electron chi connectivity index (χ4n) is 1.42. The van der Waals surface area contributed by atoms with E-state index >= 15 is 0 Å². The molecule has 1 unspecified atom stereocenters. The van der Waals surface area contributed by atoms with E-state index in [4.69, 9.17) is 0 Å². The molecule has 86 valence electrons. The lowest BCUT2D eigenvalue weighted by molar-refractivity contribution is -0.118. The number of aryl methyl sites for hydroxylation is 1. The van der Waals surface area contributed by atoms with Gasteiger partial charge in [0, 0.05) is 29.6 Å². The van der Waals surface area contributed by atoms with Gasteiger partial charge >= 0.3 is 0 Å². The van der Waals surface area contributed by atoms with Crippen LogP contribution in [0.25, 0.3) is 0 Å². The second-order valence-corrected chi connectivity index (χ2v) is 3.84. The van der Waals surface area contributed by atoms with E-state index in [9.17, 15) is 9.59 Å². The van der Waals surface area contributed by atoms with Crippen LogP contribution in [-0.2, 0) is 4.79 Å². The van der Waals surface area contributed by atoms with E-state index in [0.29, 0.717) is 5.57 Å². The topological polar surface area (TPSA) is 51.1 Å². The SMILES string of the molecule is C=C(C)C(=O)NC(C)n1ccc(=O)cc1C. The van der Waals surface area contributed by atoms with Gasteiger partial charge in [-0.1, -0.05) is 6.58 Å². The Morgan fingerprint density at radius 3 is 2.69 bits per heavy atom. The third kappa shape index (κ3) is 2.82. The van der Waals surface area contributed by atoms with Gasteiger partial charge in [-0.2, -0.15) is 0 Å². The molecule has 4 nitrogen and oxygen atoms in total. The summed E-state index contributed by atoms with van der Waals surface area (Å²) in [4.78, 5) is 22.5. The Labute approximate surface area is 94.6 Å². The van der Waals surface area contributed by atoms with Crippen LogP contribution in [0.4, 0.5) is 0 Å². The zero-order chi connectivity index (χ0) is 12.3. The molecule has 0 aromatic carbocycles. The molecule has 1 heterocycles. The molecule has 0 saturated carbocycles. The summed E-state index contributed by atoms with van der Waals surface area (Å²) >= 11 is 0. The third-order valence-corrected chi connectivity index (χ3v) is 2.30. The Morgan fingerprint density at radius 1 is 1.56 bits per heavy atom. The highest BCUT2D eigenvalue weighted by Crippen LogP contribution is 2.05. The zero-order valence-electron chi connectivity index (χ0n) is 9.78. The lowest BCUT2D eigenvalue weighted by atomic mass is 10.3. The average molecular weight is 220 g/mol. The molecule has 1 aromatic heterocycles. The first kappa shape index (κ1) is 12.2. The standard InChI is InChI=1S/C12H16N2O2/c1-8(2)12(16)13-10(4)14-6-5-11(15)7-9(14)3/h5-7,10H,1H2,2-4H3,(H,13,16). The summed E-state index contributed by atoms with van der Waals surface area (Å²) < 4.78 is 1.82. The normalized spacial score (nSPS) is 11.9. The van der Waals surface area contributed by atoms with E-state index in [2.05, 4.69) is 11.9 Å². The minimum absolute atomic E-state index is 0.0350. The predicted octanol–water partition coefficient (Wildman–Crippen LogP) is 1.37. The Hall–Kier alpha value is -1.84. The number of amides is 1. The van der Waals surface area contributed by atoms with Gasteiger partial charge in [-0.05, 0) is 20.8 Å². The fourth-order valence-corrected chi connectivity index (χ4v) is 1.42. The summed E-state index contributed by atoms with van der Waals surface area (Å²) in [6, 6.07) is 3.00. The lowest BCUT2D eigenvalue weighted by Crippen LogP contribution is -2.31. The van der Waals surface area contributed by atoms with Crippen molar-refractivity contribution in [2.45, 2.75) is 26.9 Å². The highest BCUT2D eigenvalue weighted by atomic mass is 16.1. The van der Waals surface area contributed by atoms with Crippen molar-refractivity contribution in [3.8, 4) is 0 Å². The van der Waals surface area contributed by atoms with Crippen LogP contribution in [0.2, 0.25) is 0 Å². The first-order valence-corrected chi connectivity index (χ1v) is 5.07. The number of carbonyl (C=O) groups is 1. The van der Waals surface area contributed by atoms with Crippen molar-refractivity contribution >= 4 is 5.91 Å². The van der Waals surface area contributed by atoms with Gasteiger partial charge in [0.15, 0.2) is 5.43 Å². The number of nitrogens with zero attached hydrogens (tertiary/aromatic N) is 1. The van der Waals surface area contributed by atoms with Gasteiger partial charge in [-0.15, -0.1) is 0 Å². The minimum atomic E-state index is -0.204. The monoisotopic (exact) mass is 220 g/mol. The van der Waals surface area contributed by atoms with Crippen LogP contribution in [0, 0.1) is 6.92 Å². The van der Waals surface area contributed by atoms with Gasteiger partial charge in [0.25, 0.3) is 0 Å². The van der Waals surface area contributed by atoms with Crippen LogP contribution in [0.15, 0.2) is 35.3 Å². The number of carbonyl (C=O) groups excluding carboxylic acids is 1. The number of nitrogens with one attached hydrogen (secondary N) is 1. The molecule has 1 amide bonds. The maximum atomic E-state index is 11.4.